The molecule has 1 aliphatic carbocycles. The molecule has 3 rings (SSSR count). The second kappa shape index (κ2) is 6.69. The molecule has 0 radical (unpaired) electrons. The molecule has 1 unspecified atom stereocenters. The highest BCUT2D eigenvalue weighted by Gasteiger charge is 2.28. The largest absolute Gasteiger partial charge is 0.439 e. The van der Waals surface area contributed by atoms with E-state index in [4.69, 9.17) is 4.74 Å². The van der Waals surface area contributed by atoms with Crippen molar-refractivity contribution in [2.24, 2.45) is 5.92 Å². The van der Waals surface area contributed by atoms with E-state index in [9.17, 15) is 4.79 Å². The lowest BCUT2D eigenvalue weighted by Gasteiger charge is -2.13. The smallest absolute Gasteiger partial charge is 0.319 e. The molecule has 5 nitrogen and oxygen atoms in total. The second-order valence-corrected chi connectivity index (χ2v) is 6.02. The zero-order valence-electron chi connectivity index (χ0n) is 13.4. The molecule has 23 heavy (non-hydrogen) atoms. The molecule has 0 spiro atoms. The van der Waals surface area contributed by atoms with Gasteiger partial charge in [0, 0.05) is 12.1 Å². The van der Waals surface area contributed by atoms with Gasteiger partial charge in [-0.2, -0.15) is 0 Å². The van der Waals surface area contributed by atoms with Gasteiger partial charge < -0.3 is 15.4 Å². The highest BCUT2D eigenvalue weighted by atomic mass is 16.5. The van der Waals surface area contributed by atoms with Gasteiger partial charge in [0.05, 0.1) is 11.9 Å². The van der Waals surface area contributed by atoms with Crippen LogP contribution in [0.2, 0.25) is 0 Å². The van der Waals surface area contributed by atoms with Crippen molar-refractivity contribution in [3.8, 4) is 11.6 Å². The Balaban J connectivity index is 1.53. The van der Waals surface area contributed by atoms with Gasteiger partial charge in [-0.15, -0.1) is 0 Å². The van der Waals surface area contributed by atoms with Crippen LogP contribution in [0.3, 0.4) is 0 Å². The summed E-state index contributed by atoms with van der Waals surface area (Å²) in [6, 6.07) is 11.3. The fraction of sp³-hybridized carbons (Fsp3) is 0.333. The maximum Gasteiger partial charge on any atom is 0.319 e. The van der Waals surface area contributed by atoms with Gasteiger partial charge in [0.15, 0.2) is 0 Å². The van der Waals surface area contributed by atoms with Crippen LogP contribution in [0.25, 0.3) is 0 Å². The summed E-state index contributed by atoms with van der Waals surface area (Å²) in [5.74, 6) is 1.86. The summed E-state index contributed by atoms with van der Waals surface area (Å²) in [5, 5.41) is 5.73. The Kier molecular flexibility index (Phi) is 4.46. The maximum absolute atomic E-state index is 11.9. The molecule has 0 bridgehead atoms. The van der Waals surface area contributed by atoms with Crippen LogP contribution in [0.5, 0.6) is 11.6 Å². The summed E-state index contributed by atoms with van der Waals surface area (Å²) in [6.45, 7) is 4.06. The SMILES string of the molecule is Cc1ccc(Oc2ccc(NC(=O)NC(C)C3CC3)cn2)cc1. The molecule has 0 saturated heterocycles. The first kappa shape index (κ1) is 15.3. The van der Waals surface area contributed by atoms with Crippen LogP contribution >= 0.6 is 0 Å². The number of rotatable bonds is 5. The van der Waals surface area contributed by atoms with E-state index >= 15 is 0 Å². The number of aromatic nitrogens is 1. The monoisotopic (exact) mass is 311 g/mol. The summed E-state index contributed by atoms with van der Waals surface area (Å²) in [5.41, 5.74) is 1.82. The molecule has 0 aliphatic heterocycles. The number of benzene rings is 1. The number of amides is 2. The average molecular weight is 311 g/mol. The predicted molar refractivity (Wildman–Crippen MR) is 89.8 cm³/mol. The van der Waals surface area contributed by atoms with E-state index in [1.165, 1.54) is 18.4 Å². The van der Waals surface area contributed by atoms with Gasteiger partial charge in [0.1, 0.15) is 5.75 Å². The number of urea groups is 1. The number of hydrogen-bond acceptors (Lipinski definition) is 3. The summed E-state index contributed by atoms with van der Waals surface area (Å²) < 4.78 is 5.66. The molecule has 1 heterocycles. The van der Waals surface area contributed by atoms with Crippen LogP contribution < -0.4 is 15.4 Å². The quantitative estimate of drug-likeness (QED) is 0.873. The third kappa shape index (κ3) is 4.45. The molecule has 1 fully saturated rings. The Hall–Kier alpha value is -2.56. The topological polar surface area (TPSA) is 63.2 Å². The van der Waals surface area contributed by atoms with Gasteiger partial charge >= 0.3 is 6.03 Å². The standard InChI is InChI=1S/C18H21N3O2/c1-12-3-8-16(9-4-12)23-17-10-7-15(11-19-17)21-18(22)20-13(2)14-5-6-14/h3-4,7-11,13-14H,5-6H2,1-2H3,(H2,20,21,22). The minimum absolute atomic E-state index is 0.196. The second-order valence-electron chi connectivity index (χ2n) is 6.02. The summed E-state index contributed by atoms with van der Waals surface area (Å²) in [6.07, 6.45) is 3.99. The minimum atomic E-state index is -0.196. The van der Waals surface area contributed by atoms with E-state index < -0.39 is 0 Å². The molecule has 2 N–H and O–H groups in total. The van der Waals surface area contributed by atoms with Crippen molar-refractivity contribution < 1.29 is 9.53 Å². The summed E-state index contributed by atoms with van der Waals surface area (Å²) in [7, 11) is 0. The maximum atomic E-state index is 11.9. The van der Waals surface area contributed by atoms with E-state index in [1.54, 1.807) is 18.3 Å². The number of pyridine rings is 1. The Morgan fingerprint density at radius 3 is 2.57 bits per heavy atom. The predicted octanol–water partition coefficient (Wildman–Crippen LogP) is 4.10. The molecule has 2 amide bonds. The Morgan fingerprint density at radius 2 is 1.96 bits per heavy atom. The van der Waals surface area contributed by atoms with Crippen LogP contribution in [-0.4, -0.2) is 17.1 Å². The lowest BCUT2D eigenvalue weighted by Crippen LogP contribution is -2.37. The molecule has 1 aliphatic rings. The number of hydrogen-bond donors (Lipinski definition) is 2. The fourth-order valence-corrected chi connectivity index (χ4v) is 2.33. The van der Waals surface area contributed by atoms with Crippen LogP contribution in [0.15, 0.2) is 42.6 Å². The number of nitrogens with zero attached hydrogens (tertiary/aromatic N) is 1. The van der Waals surface area contributed by atoms with E-state index in [0.717, 1.165) is 5.75 Å². The fourth-order valence-electron chi connectivity index (χ4n) is 2.33. The number of carbonyl (C=O) groups excluding carboxylic acids is 1. The zero-order valence-corrected chi connectivity index (χ0v) is 13.4. The highest BCUT2D eigenvalue weighted by Crippen LogP contribution is 2.32. The van der Waals surface area contributed by atoms with Gasteiger partial charge in [-0.1, -0.05) is 17.7 Å². The molecule has 1 aromatic carbocycles. The Labute approximate surface area is 136 Å². The van der Waals surface area contributed by atoms with Crippen molar-refractivity contribution >= 4 is 11.7 Å². The normalized spacial score (nSPS) is 14.9. The van der Waals surface area contributed by atoms with Crippen LogP contribution in [0.1, 0.15) is 25.3 Å². The van der Waals surface area contributed by atoms with Gasteiger partial charge in [0.25, 0.3) is 0 Å². The van der Waals surface area contributed by atoms with Gasteiger partial charge in [-0.3, -0.25) is 0 Å². The van der Waals surface area contributed by atoms with Gasteiger partial charge in [-0.05, 0) is 50.8 Å². The Morgan fingerprint density at radius 1 is 1.22 bits per heavy atom. The number of nitrogens with one attached hydrogen (secondary N) is 2. The summed E-state index contributed by atoms with van der Waals surface area (Å²) >= 11 is 0. The van der Waals surface area contributed by atoms with Crippen LogP contribution in [0, 0.1) is 12.8 Å². The lowest BCUT2D eigenvalue weighted by molar-refractivity contribution is 0.248. The highest BCUT2D eigenvalue weighted by molar-refractivity contribution is 5.89. The van der Waals surface area contributed by atoms with E-state index in [1.807, 2.05) is 38.1 Å². The van der Waals surface area contributed by atoms with Crippen molar-refractivity contribution in [2.45, 2.75) is 32.7 Å². The summed E-state index contributed by atoms with van der Waals surface area (Å²) in [4.78, 5) is 16.1. The minimum Gasteiger partial charge on any atom is -0.439 e. The average Bonchev–Trinajstić information content (AvgIpc) is 3.36. The van der Waals surface area contributed by atoms with Gasteiger partial charge in [-0.25, -0.2) is 9.78 Å². The number of carbonyl (C=O) groups is 1. The third-order valence-electron chi connectivity index (χ3n) is 3.93. The molecular formula is C18H21N3O2. The van der Waals surface area contributed by atoms with Crippen LogP contribution in [-0.2, 0) is 0 Å². The zero-order chi connectivity index (χ0) is 16.2. The Bertz CT molecular complexity index is 664. The molecule has 5 heteroatoms. The van der Waals surface area contributed by atoms with Crippen molar-refractivity contribution in [1.82, 2.24) is 10.3 Å². The van der Waals surface area contributed by atoms with Crippen LogP contribution in [0.4, 0.5) is 10.5 Å². The van der Waals surface area contributed by atoms with E-state index in [0.29, 0.717) is 17.5 Å². The van der Waals surface area contributed by atoms with Gasteiger partial charge in [0.2, 0.25) is 5.88 Å². The van der Waals surface area contributed by atoms with Crippen molar-refractivity contribution in [3.05, 3.63) is 48.2 Å². The molecule has 2 aromatic rings. The van der Waals surface area contributed by atoms with Crippen molar-refractivity contribution in [2.75, 3.05) is 5.32 Å². The first-order valence-electron chi connectivity index (χ1n) is 7.88. The van der Waals surface area contributed by atoms with Crippen molar-refractivity contribution in [1.29, 1.82) is 0 Å². The molecule has 1 aromatic heterocycles. The number of aryl methyl sites for hydroxylation is 1. The molecule has 1 atom stereocenters. The number of anilines is 1. The third-order valence-corrected chi connectivity index (χ3v) is 3.93. The first-order valence-corrected chi connectivity index (χ1v) is 7.88. The molecular weight excluding hydrogens is 290 g/mol. The molecule has 120 valence electrons. The van der Waals surface area contributed by atoms with E-state index in [-0.39, 0.29) is 12.1 Å². The van der Waals surface area contributed by atoms with E-state index in [2.05, 4.69) is 15.6 Å². The van der Waals surface area contributed by atoms with Crippen molar-refractivity contribution in [3.63, 3.8) is 0 Å². The number of ether oxygens (including phenoxy) is 1. The molecule has 1 saturated carbocycles. The lowest BCUT2D eigenvalue weighted by atomic mass is 10.2. The first-order chi connectivity index (χ1) is 11.1.